The summed E-state index contributed by atoms with van der Waals surface area (Å²) in [5.41, 5.74) is 0. The fourth-order valence-electron chi connectivity index (χ4n) is 6.31. The predicted molar refractivity (Wildman–Crippen MR) is 208 cm³/mol. The van der Waals surface area contributed by atoms with Crippen LogP contribution in [0.2, 0.25) is 0 Å². The molecule has 0 aromatic carbocycles. The molecule has 0 radical (unpaired) electrons. The molecule has 6 heteroatoms. The maximum Gasteiger partial charge on any atom is 0.310 e. The summed E-state index contributed by atoms with van der Waals surface area (Å²) in [6, 6.07) is 0. The predicted octanol–water partition coefficient (Wildman–Crippen LogP) is 13.1. The molecule has 0 aliphatic rings. The maximum absolute atomic E-state index is 12.2. The van der Waals surface area contributed by atoms with Crippen LogP contribution in [-0.4, -0.2) is 41.2 Å². The van der Waals surface area contributed by atoms with E-state index in [0.29, 0.717) is 13.2 Å². The summed E-state index contributed by atoms with van der Waals surface area (Å²) >= 11 is -1.20. The summed E-state index contributed by atoms with van der Waals surface area (Å²) in [6.07, 6.45) is 42.5. The summed E-state index contributed by atoms with van der Waals surface area (Å²) in [7, 11) is 0. The van der Waals surface area contributed by atoms with E-state index in [1.165, 1.54) is 180 Å². The van der Waals surface area contributed by atoms with E-state index in [0.717, 1.165) is 25.7 Å². The molecule has 0 aliphatic carbocycles. The minimum atomic E-state index is -1.20. The van der Waals surface area contributed by atoms with Gasteiger partial charge in [-0.15, -0.1) is 0 Å². The molecule has 0 atom stereocenters. The monoisotopic (exact) mass is 699 g/mol. The molecule has 0 spiro atoms. The van der Waals surface area contributed by atoms with Crippen LogP contribution in [-0.2, 0) is 30.2 Å². The molecule has 0 N–H and O–H groups in total. The quantitative estimate of drug-likeness (QED) is 0.0362. The molecule has 5 nitrogen and oxygen atoms in total. The van der Waals surface area contributed by atoms with Gasteiger partial charge in [-0.3, -0.25) is 9.59 Å². The van der Waals surface area contributed by atoms with E-state index < -0.39 is 11.2 Å². The fraction of sp³-hybridized carbons (Fsp3) is 0.952. The number of ether oxygens (including phenoxy) is 2. The van der Waals surface area contributed by atoms with Crippen molar-refractivity contribution in [1.82, 2.24) is 0 Å². The SMILES string of the molecule is CCCCCCCCCCCCCCCCCCOC(=O)CC[S+]([O-])CCC(=O)OCCCCCCCCCCCCCCCCCC. The Kier molecular flexibility index (Phi) is 40.0. The van der Waals surface area contributed by atoms with Crippen LogP contribution >= 0.6 is 0 Å². The summed E-state index contributed by atoms with van der Waals surface area (Å²) in [5, 5.41) is 0. The van der Waals surface area contributed by atoms with Crippen molar-refractivity contribution in [3.05, 3.63) is 0 Å². The molecule has 0 amide bonds. The zero-order valence-electron chi connectivity index (χ0n) is 32.3. The Bertz CT molecular complexity index is 604. The highest BCUT2D eigenvalue weighted by Crippen LogP contribution is 2.15. The smallest absolute Gasteiger partial charge is 0.310 e. The molecule has 0 rings (SSSR count). The zero-order valence-corrected chi connectivity index (χ0v) is 33.1. The number of hydrogen-bond acceptors (Lipinski definition) is 5. The minimum absolute atomic E-state index is 0.152. The van der Waals surface area contributed by atoms with Crippen molar-refractivity contribution in [3.63, 3.8) is 0 Å². The van der Waals surface area contributed by atoms with Gasteiger partial charge in [-0.2, -0.15) is 0 Å². The van der Waals surface area contributed by atoms with Crippen molar-refractivity contribution in [2.45, 2.75) is 232 Å². The van der Waals surface area contributed by atoms with Crippen molar-refractivity contribution >= 4 is 23.1 Å². The van der Waals surface area contributed by atoms with E-state index in [9.17, 15) is 14.1 Å². The molecule has 0 saturated heterocycles. The molecule has 48 heavy (non-hydrogen) atoms. The van der Waals surface area contributed by atoms with Crippen molar-refractivity contribution in [2.75, 3.05) is 24.7 Å². The van der Waals surface area contributed by atoms with Gasteiger partial charge in [-0.25, -0.2) is 0 Å². The Hall–Kier alpha value is -0.750. The Morgan fingerprint density at radius 3 is 0.812 bits per heavy atom. The van der Waals surface area contributed by atoms with E-state index in [4.69, 9.17) is 9.47 Å². The van der Waals surface area contributed by atoms with Crippen molar-refractivity contribution in [3.8, 4) is 0 Å². The van der Waals surface area contributed by atoms with Gasteiger partial charge in [0.2, 0.25) is 0 Å². The fourth-order valence-corrected chi connectivity index (χ4v) is 7.31. The topological polar surface area (TPSA) is 75.7 Å². The average Bonchev–Trinajstić information content (AvgIpc) is 3.09. The largest absolute Gasteiger partial charge is 0.616 e. The third kappa shape index (κ3) is 39.7. The van der Waals surface area contributed by atoms with Crippen molar-refractivity contribution < 1.29 is 23.6 Å². The summed E-state index contributed by atoms with van der Waals surface area (Å²) in [6.45, 7) is 5.46. The molecular formula is C42H82O5S. The second-order valence-electron chi connectivity index (χ2n) is 14.4. The highest BCUT2D eigenvalue weighted by atomic mass is 32.2. The van der Waals surface area contributed by atoms with Gasteiger partial charge in [0.1, 0.15) is 11.5 Å². The number of rotatable bonds is 40. The molecule has 0 heterocycles. The van der Waals surface area contributed by atoms with Crippen LogP contribution in [0, 0.1) is 0 Å². The number of unbranched alkanes of at least 4 members (excludes halogenated alkanes) is 30. The van der Waals surface area contributed by atoms with Crippen LogP contribution in [0.15, 0.2) is 0 Å². The Morgan fingerprint density at radius 1 is 0.375 bits per heavy atom. The Morgan fingerprint density at radius 2 is 0.583 bits per heavy atom. The first-order valence-electron chi connectivity index (χ1n) is 21.3. The van der Waals surface area contributed by atoms with E-state index in [2.05, 4.69) is 13.8 Å². The Labute approximate surface area is 302 Å². The lowest BCUT2D eigenvalue weighted by atomic mass is 10.0. The first-order valence-corrected chi connectivity index (χ1v) is 22.7. The van der Waals surface area contributed by atoms with Gasteiger partial charge in [0.25, 0.3) is 0 Å². The summed E-state index contributed by atoms with van der Waals surface area (Å²) in [5.74, 6) is -0.0558. The highest BCUT2D eigenvalue weighted by Gasteiger charge is 2.14. The van der Waals surface area contributed by atoms with E-state index in [-0.39, 0.29) is 36.3 Å². The van der Waals surface area contributed by atoms with Crippen molar-refractivity contribution in [2.24, 2.45) is 0 Å². The van der Waals surface area contributed by atoms with Gasteiger partial charge >= 0.3 is 11.9 Å². The summed E-state index contributed by atoms with van der Waals surface area (Å²) in [4.78, 5) is 24.0. The van der Waals surface area contributed by atoms with Gasteiger partial charge in [0.05, 0.1) is 26.1 Å². The molecule has 0 aliphatic heterocycles. The van der Waals surface area contributed by atoms with E-state index in [1.54, 1.807) is 0 Å². The van der Waals surface area contributed by atoms with Gasteiger partial charge in [0, 0.05) is 0 Å². The van der Waals surface area contributed by atoms with Gasteiger partial charge < -0.3 is 14.0 Å². The second-order valence-corrected chi connectivity index (χ2v) is 16.1. The van der Waals surface area contributed by atoms with Crippen LogP contribution in [0.1, 0.15) is 232 Å². The van der Waals surface area contributed by atoms with Gasteiger partial charge in [-0.1, -0.05) is 218 Å². The lowest BCUT2D eigenvalue weighted by Gasteiger charge is -2.11. The normalized spacial score (nSPS) is 11.4. The standard InChI is InChI=1S/C42H82O5S/c1-3-5-7-9-11-13-15-17-19-21-23-25-27-29-31-33-37-46-41(43)35-39-48(45)40-36-42(44)47-38-34-32-30-28-26-24-22-20-18-16-14-12-10-8-6-4-2/h3-40H2,1-2H3. The number of hydrogen-bond donors (Lipinski definition) is 0. The number of carbonyl (C=O) groups is 2. The van der Waals surface area contributed by atoms with Crippen molar-refractivity contribution in [1.29, 1.82) is 0 Å². The first kappa shape index (κ1) is 47.2. The molecule has 0 fully saturated rings. The lowest BCUT2D eigenvalue weighted by molar-refractivity contribution is -0.144. The zero-order chi connectivity index (χ0) is 35.0. The van der Waals surface area contributed by atoms with Gasteiger partial charge in [0.15, 0.2) is 0 Å². The van der Waals surface area contributed by atoms with Crippen LogP contribution < -0.4 is 0 Å². The van der Waals surface area contributed by atoms with E-state index >= 15 is 0 Å². The van der Waals surface area contributed by atoms with Crippen LogP contribution in [0.5, 0.6) is 0 Å². The molecule has 0 aromatic heterocycles. The third-order valence-corrected chi connectivity index (χ3v) is 10.9. The minimum Gasteiger partial charge on any atom is -0.616 e. The molecule has 0 unspecified atom stereocenters. The van der Waals surface area contributed by atoms with Gasteiger partial charge in [-0.05, 0) is 12.8 Å². The number of carbonyl (C=O) groups excluding carboxylic acids is 2. The first-order chi connectivity index (χ1) is 23.6. The van der Waals surface area contributed by atoms with E-state index in [1.807, 2.05) is 0 Å². The highest BCUT2D eigenvalue weighted by molar-refractivity contribution is 7.91. The average molecular weight is 699 g/mol. The molecule has 0 saturated carbocycles. The molecule has 0 bridgehead atoms. The summed E-state index contributed by atoms with van der Waals surface area (Å²) < 4.78 is 22.8. The van der Waals surface area contributed by atoms with Crippen LogP contribution in [0.4, 0.5) is 0 Å². The molecule has 286 valence electrons. The number of esters is 2. The lowest BCUT2D eigenvalue weighted by Crippen LogP contribution is -2.19. The third-order valence-electron chi connectivity index (χ3n) is 9.59. The molecule has 0 aromatic rings. The second kappa shape index (κ2) is 40.7. The van der Waals surface area contributed by atoms with Crippen LogP contribution in [0.3, 0.4) is 0 Å². The molecular weight excluding hydrogens is 617 g/mol. The van der Waals surface area contributed by atoms with Crippen LogP contribution in [0.25, 0.3) is 0 Å². The Balaban J connectivity index is 3.36. The maximum atomic E-state index is 12.2.